The third kappa shape index (κ3) is 2.48. The van der Waals surface area contributed by atoms with Gasteiger partial charge in [-0.05, 0) is 54.2 Å². The molecule has 2 aromatic carbocycles. The Hall–Kier alpha value is -1.83. The largest absolute Gasteiger partial charge is 0.378 e. The second kappa shape index (κ2) is 5.04. The zero-order chi connectivity index (χ0) is 13.2. The van der Waals surface area contributed by atoms with Crippen molar-refractivity contribution in [3.63, 3.8) is 0 Å². The maximum atomic E-state index is 12.9. The van der Waals surface area contributed by atoms with Gasteiger partial charge in [0, 0.05) is 5.69 Å². The maximum Gasteiger partial charge on any atom is 0.123 e. The van der Waals surface area contributed by atoms with Gasteiger partial charge in [0.2, 0.25) is 0 Å². The number of hydrogen-bond acceptors (Lipinski definition) is 1. The number of benzene rings is 2. The predicted octanol–water partition coefficient (Wildman–Crippen LogP) is 4.88. The highest BCUT2D eigenvalue weighted by atomic mass is 19.1. The van der Waals surface area contributed by atoms with E-state index in [4.69, 9.17) is 0 Å². The molecular weight excluding hydrogens is 237 g/mol. The zero-order valence-corrected chi connectivity index (χ0v) is 11.1. The molecule has 2 unspecified atom stereocenters. The number of nitrogens with one attached hydrogen (secondary N) is 1. The Morgan fingerprint density at radius 3 is 2.37 bits per heavy atom. The summed E-state index contributed by atoms with van der Waals surface area (Å²) in [5.41, 5.74) is 3.80. The molecule has 0 saturated heterocycles. The van der Waals surface area contributed by atoms with Gasteiger partial charge >= 0.3 is 0 Å². The lowest BCUT2D eigenvalue weighted by Gasteiger charge is -2.31. The summed E-state index contributed by atoms with van der Waals surface area (Å²) in [6.45, 7) is 2.28. The van der Waals surface area contributed by atoms with Crippen LogP contribution < -0.4 is 5.32 Å². The minimum Gasteiger partial charge on any atom is -0.378 e. The first kappa shape index (κ1) is 12.2. The van der Waals surface area contributed by atoms with E-state index < -0.39 is 0 Å². The standard InChI is InChI=1S/C17H18FN/c1-12-6-11-17(16-5-3-2-4-15(12)16)19-14-9-7-13(18)8-10-14/h2-5,7-10,12,17,19H,6,11H2,1H3. The van der Waals surface area contributed by atoms with Crippen molar-refractivity contribution in [3.8, 4) is 0 Å². The Bertz CT molecular complexity index is 562. The van der Waals surface area contributed by atoms with E-state index in [0.717, 1.165) is 12.1 Å². The Balaban J connectivity index is 1.86. The van der Waals surface area contributed by atoms with Crippen LogP contribution in [-0.2, 0) is 0 Å². The molecule has 1 aliphatic rings. The molecule has 0 fully saturated rings. The van der Waals surface area contributed by atoms with Crippen LogP contribution in [0.1, 0.15) is 42.9 Å². The van der Waals surface area contributed by atoms with Crippen molar-refractivity contribution in [1.29, 1.82) is 0 Å². The lowest BCUT2D eigenvalue weighted by molar-refractivity contribution is 0.534. The Labute approximate surface area is 113 Å². The van der Waals surface area contributed by atoms with Crippen molar-refractivity contribution in [2.45, 2.75) is 31.7 Å². The van der Waals surface area contributed by atoms with Crippen molar-refractivity contribution >= 4 is 5.69 Å². The van der Waals surface area contributed by atoms with E-state index in [1.165, 1.54) is 29.7 Å². The quantitative estimate of drug-likeness (QED) is 0.806. The van der Waals surface area contributed by atoms with Gasteiger partial charge in [-0.25, -0.2) is 4.39 Å². The molecule has 0 spiro atoms. The fourth-order valence-electron chi connectivity index (χ4n) is 2.90. The van der Waals surface area contributed by atoms with Gasteiger partial charge in [0.25, 0.3) is 0 Å². The number of rotatable bonds is 2. The summed E-state index contributed by atoms with van der Waals surface area (Å²) < 4.78 is 12.9. The smallest absolute Gasteiger partial charge is 0.123 e. The van der Waals surface area contributed by atoms with Crippen LogP contribution in [0, 0.1) is 5.82 Å². The molecule has 98 valence electrons. The molecular formula is C17H18FN. The van der Waals surface area contributed by atoms with Crippen molar-refractivity contribution in [2.24, 2.45) is 0 Å². The van der Waals surface area contributed by atoms with Gasteiger partial charge in [0.05, 0.1) is 6.04 Å². The van der Waals surface area contributed by atoms with E-state index in [9.17, 15) is 4.39 Å². The summed E-state index contributed by atoms with van der Waals surface area (Å²) in [5.74, 6) is 0.436. The zero-order valence-electron chi connectivity index (χ0n) is 11.1. The van der Waals surface area contributed by atoms with Crippen molar-refractivity contribution in [2.75, 3.05) is 5.32 Å². The third-order valence-corrected chi connectivity index (χ3v) is 3.98. The molecule has 0 amide bonds. The first-order valence-corrected chi connectivity index (χ1v) is 6.85. The van der Waals surface area contributed by atoms with Crippen molar-refractivity contribution in [1.82, 2.24) is 0 Å². The SMILES string of the molecule is CC1CCC(Nc2ccc(F)cc2)c2ccccc21. The maximum absolute atomic E-state index is 12.9. The fourth-order valence-corrected chi connectivity index (χ4v) is 2.90. The van der Waals surface area contributed by atoms with Crippen LogP contribution in [0.3, 0.4) is 0 Å². The third-order valence-electron chi connectivity index (χ3n) is 3.98. The van der Waals surface area contributed by atoms with Crippen molar-refractivity contribution < 1.29 is 4.39 Å². The molecule has 2 heteroatoms. The highest BCUT2D eigenvalue weighted by molar-refractivity contribution is 5.47. The molecule has 2 atom stereocenters. The normalized spacial score (nSPS) is 21.8. The van der Waals surface area contributed by atoms with Gasteiger partial charge in [-0.15, -0.1) is 0 Å². The summed E-state index contributed by atoms with van der Waals surface area (Å²) in [4.78, 5) is 0. The van der Waals surface area contributed by atoms with Crippen LogP contribution in [0.4, 0.5) is 10.1 Å². The van der Waals surface area contributed by atoms with Crippen LogP contribution in [-0.4, -0.2) is 0 Å². The summed E-state index contributed by atoms with van der Waals surface area (Å²) in [6.07, 6.45) is 2.31. The van der Waals surface area contributed by atoms with E-state index in [1.807, 2.05) is 0 Å². The van der Waals surface area contributed by atoms with Crippen LogP contribution in [0.25, 0.3) is 0 Å². The van der Waals surface area contributed by atoms with Gasteiger partial charge in [0.1, 0.15) is 5.82 Å². The topological polar surface area (TPSA) is 12.0 Å². The number of hydrogen-bond donors (Lipinski definition) is 1. The fraction of sp³-hybridized carbons (Fsp3) is 0.294. The molecule has 0 saturated carbocycles. The van der Waals surface area contributed by atoms with Crippen LogP contribution >= 0.6 is 0 Å². The summed E-state index contributed by atoms with van der Waals surface area (Å²) in [5, 5.41) is 3.52. The van der Waals surface area contributed by atoms with Gasteiger partial charge in [0.15, 0.2) is 0 Å². The Morgan fingerprint density at radius 1 is 0.947 bits per heavy atom. The van der Waals surface area contributed by atoms with Crippen LogP contribution in [0.5, 0.6) is 0 Å². The number of halogens is 1. The average Bonchev–Trinajstić information content (AvgIpc) is 2.45. The molecule has 1 aliphatic carbocycles. The van der Waals surface area contributed by atoms with E-state index >= 15 is 0 Å². The number of anilines is 1. The molecule has 0 bridgehead atoms. The lowest BCUT2D eigenvalue weighted by Crippen LogP contribution is -2.19. The van der Waals surface area contributed by atoms with Gasteiger partial charge in [-0.2, -0.15) is 0 Å². The predicted molar refractivity (Wildman–Crippen MR) is 76.9 cm³/mol. The molecule has 1 N–H and O–H groups in total. The van der Waals surface area contributed by atoms with E-state index in [-0.39, 0.29) is 5.82 Å². The highest BCUT2D eigenvalue weighted by Crippen LogP contribution is 2.38. The lowest BCUT2D eigenvalue weighted by atomic mass is 9.81. The monoisotopic (exact) mass is 255 g/mol. The molecule has 0 radical (unpaired) electrons. The molecule has 1 nitrogen and oxygen atoms in total. The van der Waals surface area contributed by atoms with Gasteiger partial charge < -0.3 is 5.32 Å². The second-order valence-electron chi connectivity index (χ2n) is 5.31. The van der Waals surface area contributed by atoms with Crippen LogP contribution in [0.2, 0.25) is 0 Å². The minimum atomic E-state index is -0.191. The molecule has 2 aromatic rings. The molecule has 0 heterocycles. The van der Waals surface area contributed by atoms with E-state index in [2.05, 4.69) is 36.5 Å². The molecule has 19 heavy (non-hydrogen) atoms. The first-order valence-electron chi connectivity index (χ1n) is 6.85. The molecule has 3 rings (SSSR count). The van der Waals surface area contributed by atoms with Crippen molar-refractivity contribution in [3.05, 3.63) is 65.5 Å². The minimum absolute atomic E-state index is 0.191. The second-order valence-corrected chi connectivity index (χ2v) is 5.31. The number of fused-ring (bicyclic) bond motifs is 1. The highest BCUT2D eigenvalue weighted by Gasteiger charge is 2.23. The van der Waals surface area contributed by atoms with Gasteiger partial charge in [-0.3, -0.25) is 0 Å². The molecule has 0 aromatic heterocycles. The summed E-state index contributed by atoms with van der Waals surface area (Å²) in [7, 11) is 0. The van der Waals surface area contributed by atoms with E-state index in [1.54, 1.807) is 12.1 Å². The first-order chi connectivity index (χ1) is 9.24. The average molecular weight is 255 g/mol. The van der Waals surface area contributed by atoms with Gasteiger partial charge in [-0.1, -0.05) is 31.2 Å². The Morgan fingerprint density at radius 2 is 1.63 bits per heavy atom. The summed E-state index contributed by atoms with van der Waals surface area (Å²) >= 11 is 0. The molecule has 0 aliphatic heterocycles. The van der Waals surface area contributed by atoms with E-state index in [0.29, 0.717) is 12.0 Å². The Kier molecular flexibility index (Phi) is 3.24. The van der Waals surface area contributed by atoms with Crippen LogP contribution in [0.15, 0.2) is 48.5 Å². The summed E-state index contributed by atoms with van der Waals surface area (Å²) in [6, 6.07) is 15.6.